The van der Waals surface area contributed by atoms with Gasteiger partial charge in [0, 0.05) is 49.5 Å². The van der Waals surface area contributed by atoms with Gasteiger partial charge in [-0.25, -0.2) is 4.98 Å². The number of hydrogen-bond acceptors (Lipinski definition) is 6. The SMILES string of the molecule is CCc1c(C)nc2n(c1=O)CC(C(=O)N1CCC3(CC1)OCCO3)CS2. The summed E-state index contributed by atoms with van der Waals surface area (Å²) in [5, 5.41) is 0.735. The van der Waals surface area contributed by atoms with Crippen molar-refractivity contribution in [3.05, 3.63) is 21.6 Å². The van der Waals surface area contributed by atoms with Crippen molar-refractivity contribution in [1.82, 2.24) is 14.5 Å². The number of likely N-dealkylation sites (tertiary alicyclic amines) is 1. The second-order valence-electron chi connectivity index (χ2n) is 7.17. The summed E-state index contributed by atoms with van der Waals surface area (Å²) in [7, 11) is 0. The first-order valence-corrected chi connectivity index (χ1v) is 10.3. The number of amides is 1. The van der Waals surface area contributed by atoms with Crippen molar-refractivity contribution in [1.29, 1.82) is 0 Å². The van der Waals surface area contributed by atoms with Gasteiger partial charge in [-0.1, -0.05) is 18.7 Å². The summed E-state index contributed by atoms with van der Waals surface area (Å²) in [5.41, 5.74) is 1.56. The topological polar surface area (TPSA) is 73.7 Å². The predicted octanol–water partition coefficient (Wildman–Crippen LogP) is 1.20. The fraction of sp³-hybridized carbons (Fsp3) is 0.722. The summed E-state index contributed by atoms with van der Waals surface area (Å²) in [6.07, 6.45) is 2.10. The number of piperidine rings is 1. The van der Waals surface area contributed by atoms with Gasteiger partial charge in [-0.2, -0.15) is 0 Å². The van der Waals surface area contributed by atoms with E-state index >= 15 is 0 Å². The summed E-state index contributed by atoms with van der Waals surface area (Å²) < 4.78 is 13.2. The largest absolute Gasteiger partial charge is 0.347 e. The van der Waals surface area contributed by atoms with Gasteiger partial charge in [0.2, 0.25) is 5.91 Å². The van der Waals surface area contributed by atoms with Gasteiger partial charge >= 0.3 is 0 Å². The summed E-state index contributed by atoms with van der Waals surface area (Å²) in [6.45, 7) is 6.85. The van der Waals surface area contributed by atoms with Gasteiger partial charge in [0.25, 0.3) is 5.56 Å². The van der Waals surface area contributed by atoms with Gasteiger partial charge in [-0.05, 0) is 13.3 Å². The van der Waals surface area contributed by atoms with Crippen molar-refractivity contribution in [2.45, 2.75) is 50.6 Å². The third-order valence-corrected chi connectivity index (χ3v) is 6.74. The number of rotatable bonds is 2. The molecule has 0 saturated carbocycles. The second-order valence-corrected chi connectivity index (χ2v) is 8.16. The molecule has 4 heterocycles. The number of carbonyl (C=O) groups excluding carboxylic acids is 1. The zero-order valence-electron chi connectivity index (χ0n) is 15.3. The van der Waals surface area contributed by atoms with Crippen molar-refractivity contribution in [2.75, 3.05) is 32.1 Å². The number of nitrogens with zero attached hydrogens (tertiary/aromatic N) is 3. The Morgan fingerprint density at radius 2 is 2.00 bits per heavy atom. The highest BCUT2D eigenvalue weighted by molar-refractivity contribution is 7.99. The van der Waals surface area contributed by atoms with Gasteiger partial charge in [0.15, 0.2) is 10.9 Å². The molecular weight excluding hydrogens is 354 g/mol. The highest BCUT2D eigenvalue weighted by atomic mass is 32.2. The summed E-state index contributed by atoms with van der Waals surface area (Å²) >= 11 is 1.51. The molecule has 3 aliphatic heterocycles. The first-order chi connectivity index (χ1) is 12.5. The van der Waals surface area contributed by atoms with E-state index in [1.807, 2.05) is 18.7 Å². The van der Waals surface area contributed by atoms with Crippen LogP contribution in [0.3, 0.4) is 0 Å². The minimum atomic E-state index is -0.473. The average Bonchev–Trinajstić information content (AvgIpc) is 3.10. The van der Waals surface area contributed by atoms with Crippen LogP contribution in [-0.2, 0) is 27.2 Å². The van der Waals surface area contributed by atoms with Gasteiger partial charge in [0.1, 0.15) is 0 Å². The van der Waals surface area contributed by atoms with Crippen LogP contribution in [-0.4, -0.2) is 58.2 Å². The van der Waals surface area contributed by atoms with Crippen LogP contribution in [0.25, 0.3) is 0 Å². The Kier molecular flexibility index (Phi) is 4.83. The molecule has 1 atom stereocenters. The molecule has 1 spiro atoms. The Labute approximate surface area is 157 Å². The minimum absolute atomic E-state index is 0.00496. The normalized spacial score (nSPS) is 24.7. The highest BCUT2D eigenvalue weighted by Crippen LogP contribution is 2.33. The first-order valence-electron chi connectivity index (χ1n) is 9.33. The molecule has 0 radical (unpaired) electrons. The molecule has 0 aromatic carbocycles. The Morgan fingerprint density at radius 3 is 2.65 bits per heavy atom. The Morgan fingerprint density at radius 1 is 1.31 bits per heavy atom. The number of thioether (sulfide) groups is 1. The molecule has 1 aromatic rings. The highest BCUT2D eigenvalue weighted by Gasteiger charge is 2.42. The van der Waals surface area contributed by atoms with Gasteiger partial charge in [0.05, 0.1) is 19.1 Å². The molecule has 26 heavy (non-hydrogen) atoms. The molecule has 3 aliphatic rings. The first kappa shape index (κ1) is 18.0. The summed E-state index contributed by atoms with van der Waals surface area (Å²) in [5.74, 6) is 0.143. The summed E-state index contributed by atoms with van der Waals surface area (Å²) in [4.78, 5) is 32.2. The predicted molar refractivity (Wildman–Crippen MR) is 97.3 cm³/mol. The fourth-order valence-corrected chi connectivity index (χ4v) is 5.18. The van der Waals surface area contributed by atoms with Crippen LogP contribution in [0.5, 0.6) is 0 Å². The number of ether oxygens (including phenoxy) is 2. The fourth-order valence-electron chi connectivity index (χ4n) is 4.06. The number of aromatic nitrogens is 2. The monoisotopic (exact) mass is 379 g/mol. The van der Waals surface area contributed by atoms with Crippen molar-refractivity contribution < 1.29 is 14.3 Å². The van der Waals surface area contributed by atoms with E-state index in [2.05, 4.69) is 4.98 Å². The molecule has 1 aromatic heterocycles. The number of carbonyl (C=O) groups is 1. The lowest BCUT2D eigenvalue weighted by atomic mass is 10.0. The third-order valence-electron chi connectivity index (χ3n) is 5.60. The third kappa shape index (κ3) is 3.08. The Bertz CT molecular complexity index is 762. The van der Waals surface area contributed by atoms with E-state index in [4.69, 9.17) is 9.47 Å². The summed E-state index contributed by atoms with van der Waals surface area (Å²) in [6, 6.07) is 0. The molecule has 2 saturated heterocycles. The lowest BCUT2D eigenvalue weighted by Gasteiger charge is -2.39. The van der Waals surface area contributed by atoms with Crippen LogP contribution in [0, 0.1) is 12.8 Å². The molecule has 4 rings (SSSR count). The maximum atomic E-state index is 13.0. The van der Waals surface area contributed by atoms with Gasteiger partial charge in [-0.15, -0.1) is 0 Å². The molecule has 2 fully saturated rings. The molecule has 1 amide bonds. The van der Waals surface area contributed by atoms with E-state index < -0.39 is 5.79 Å². The second kappa shape index (κ2) is 6.98. The minimum Gasteiger partial charge on any atom is -0.347 e. The van der Waals surface area contributed by atoms with Crippen molar-refractivity contribution >= 4 is 17.7 Å². The van der Waals surface area contributed by atoms with Crippen LogP contribution < -0.4 is 5.56 Å². The van der Waals surface area contributed by atoms with Crippen molar-refractivity contribution in [2.24, 2.45) is 5.92 Å². The molecule has 0 bridgehead atoms. The zero-order valence-corrected chi connectivity index (χ0v) is 16.1. The Hall–Kier alpha value is -1.38. The maximum Gasteiger partial charge on any atom is 0.257 e. The maximum absolute atomic E-state index is 13.0. The van der Waals surface area contributed by atoms with E-state index in [1.165, 1.54) is 11.8 Å². The quantitative estimate of drug-likeness (QED) is 0.719. The standard InChI is InChI=1S/C18H25N3O4S/c1-3-14-12(2)19-17-21(16(14)23)10-13(11-26-17)15(22)20-6-4-18(5-7-20)24-8-9-25-18/h13H,3-11H2,1-2H3. The lowest BCUT2D eigenvalue weighted by molar-refractivity contribution is -0.188. The van der Waals surface area contributed by atoms with Crippen LogP contribution in [0.4, 0.5) is 0 Å². The van der Waals surface area contributed by atoms with E-state index in [0.29, 0.717) is 45.0 Å². The van der Waals surface area contributed by atoms with Crippen LogP contribution in [0.15, 0.2) is 9.95 Å². The van der Waals surface area contributed by atoms with E-state index in [9.17, 15) is 9.59 Å². The number of aryl methyl sites for hydroxylation is 1. The van der Waals surface area contributed by atoms with E-state index in [1.54, 1.807) is 4.57 Å². The molecule has 7 nitrogen and oxygen atoms in total. The number of fused-ring (bicyclic) bond motifs is 1. The molecule has 8 heteroatoms. The van der Waals surface area contributed by atoms with E-state index in [0.717, 1.165) is 29.3 Å². The zero-order chi connectivity index (χ0) is 18.3. The molecule has 0 N–H and O–H groups in total. The van der Waals surface area contributed by atoms with Crippen LogP contribution in [0.2, 0.25) is 0 Å². The van der Waals surface area contributed by atoms with Crippen LogP contribution in [0.1, 0.15) is 31.0 Å². The molecule has 1 unspecified atom stereocenters. The average molecular weight is 379 g/mol. The van der Waals surface area contributed by atoms with E-state index in [-0.39, 0.29) is 17.4 Å². The van der Waals surface area contributed by atoms with Gasteiger partial charge in [-0.3, -0.25) is 14.2 Å². The van der Waals surface area contributed by atoms with Crippen molar-refractivity contribution in [3.63, 3.8) is 0 Å². The molecule has 0 aliphatic carbocycles. The van der Waals surface area contributed by atoms with Crippen molar-refractivity contribution in [3.8, 4) is 0 Å². The van der Waals surface area contributed by atoms with Gasteiger partial charge < -0.3 is 14.4 Å². The molecular formula is C18H25N3O4S. The molecule has 142 valence electrons. The number of hydrogen-bond donors (Lipinski definition) is 0. The smallest absolute Gasteiger partial charge is 0.257 e. The lowest BCUT2D eigenvalue weighted by Crippen LogP contribution is -2.50. The Balaban J connectivity index is 1.47. The van der Waals surface area contributed by atoms with Crippen LogP contribution >= 0.6 is 11.8 Å².